The molecule has 0 heterocycles. The van der Waals surface area contributed by atoms with Crippen molar-refractivity contribution in [2.45, 2.75) is 6.92 Å². The number of hydrogen-bond donors (Lipinski definition) is 0. The second-order valence-corrected chi connectivity index (χ2v) is 1.74. The summed E-state index contributed by atoms with van der Waals surface area (Å²) in [6.45, 7) is 5.18. The van der Waals surface area contributed by atoms with Gasteiger partial charge in [-0.15, -0.1) is 0 Å². The van der Waals surface area contributed by atoms with Crippen LogP contribution in [-0.2, 0) is 9.45 Å². The molecule has 2 radical (unpaired) electrons. The zero-order valence-electron chi connectivity index (χ0n) is 6.41. The van der Waals surface area contributed by atoms with Gasteiger partial charge in [-0.05, 0) is 13.0 Å². The van der Waals surface area contributed by atoms with Gasteiger partial charge in [-0.2, -0.15) is 0 Å². The van der Waals surface area contributed by atoms with E-state index < -0.39 is 5.97 Å². The van der Waals surface area contributed by atoms with Crippen molar-refractivity contribution in [2.75, 3.05) is 0 Å². The van der Waals surface area contributed by atoms with E-state index in [2.05, 4.69) is 19.3 Å². The smallest absolute Gasteiger partial charge is 0.378 e. The summed E-state index contributed by atoms with van der Waals surface area (Å²) in [5, 5.41) is 0. The molecular weight excluding hydrogens is 139 g/mol. The van der Waals surface area contributed by atoms with Crippen LogP contribution in [0.15, 0.2) is 36.5 Å². The predicted molar refractivity (Wildman–Crippen MR) is 44.9 cm³/mol. The first kappa shape index (κ1) is 9.75. The summed E-state index contributed by atoms with van der Waals surface area (Å²) in [6, 6.07) is 0. The molecule has 0 saturated heterocycles. The highest BCUT2D eigenvalue weighted by atomic mass is 16.5. The Labute approximate surface area is 67.7 Å². The molecule has 0 spiro atoms. The lowest BCUT2D eigenvalue weighted by molar-refractivity contribution is -0.129. The highest BCUT2D eigenvalue weighted by Crippen LogP contribution is 1.98. The monoisotopic (exact) mass is 148 g/mol. The van der Waals surface area contributed by atoms with Crippen molar-refractivity contribution >= 4 is 14.0 Å². The Morgan fingerprint density at radius 3 is 2.64 bits per heavy atom. The molecule has 3 heteroatoms. The average molecular weight is 148 g/mol. The molecule has 0 atom stereocenters. The van der Waals surface area contributed by atoms with Crippen molar-refractivity contribution in [3.8, 4) is 0 Å². The minimum atomic E-state index is -0.550. The molecule has 0 aliphatic heterocycles. The normalized spacial score (nSPS) is 11.5. The van der Waals surface area contributed by atoms with E-state index in [1.165, 1.54) is 0 Å². The first-order valence-electron chi connectivity index (χ1n) is 3.12. The minimum absolute atomic E-state index is 0.410. The Morgan fingerprint density at radius 1 is 1.64 bits per heavy atom. The van der Waals surface area contributed by atoms with E-state index in [1.54, 1.807) is 31.2 Å². The standard InChI is InChI=1S/C8H9BO2/c1-3-5-6-7(4-2)8(10)11-9/h3-6H,1H2,2H3/b6-5-,7-4+. The highest BCUT2D eigenvalue weighted by molar-refractivity contribution is 6.09. The summed E-state index contributed by atoms with van der Waals surface area (Å²) in [4.78, 5) is 10.7. The van der Waals surface area contributed by atoms with E-state index >= 15 is 0 Å². The van der Waals surface area contributed by atoms with Crippen LogP contribution in [0.5, 0.6) is 0 Å². The SMILES string of the molecule is [B]OC(=O)C(/C=C\C=C)=C/C. The van der Waals surface area contributed by atoms with E-state index in [0.717, 1.165) is 0 Å². The van der Waals surface area contributed by atoms with Gasteiger partial charge >= 0.3 is 14.0 Å². The molecule has 11 heavy (non-hydrogen) atoms. The van der Waals surface area contributed by atoms with Crippen LogP contribution in [0.25, 0.3) is 0 Å². The lowest BCUT2D eigenvalue weighted by Gasteiger charge is -1.97. The third kappa shape index (κ3) is 3.45. The van der Waals surface area contributed by atoms with Gasteiger partial charge in [0.25, 0.3) is 0 Å². The summed E-state index contributed by atoms with van der Waals surface area (Å²) in [7, 11) is 4.67. The Kier molecular flexibility index (Phi) is 4.91. The van der Waals surface area contributed by atoms with Crippen LogP contribution in [0.2, 0.25) is 0 Å². The molecule has 0 aromatic rings. The molecule has 0 N–H and O–H groups in total. The van der Waals surface area contributed by atoms with Crippen LogP contribution < -0.4 is 0 Å². The van der Waals surface area contributed by atoms with E-state index in [9.17, 15) is 4.79 Å². The van der Waals surface area contributed by atoms with Gasteiger partial charge in [0.1, 0.15) is 0 Å². The van der Waals surface area contributed by atoms with Gasteiger partial charge in [0, 0.05) is 0 Å². The van der Waals surface area contributed by atoms with Crippen molar-refractivity contribution in [1.29, 1.82) is 0 Å². The van der Waals surface area contributed by atoms with Crippen molar-refractivity contribution in [3.63, 3.8) is 0 Å². The zero-order valence-corrected chi connectivity index (χ0v) is 6.41. The van der Waals surface area contributed by atoms with Gasteiger partial charge in [-0.3, -0.25) is 0 Å². The number of carbonyl (C=O) groups excluding carboxylic acids is 1. The Balaban J connectivity index is 4.31. The minimum Gasteiger partial charge on any atom is -0.540 e. The summed E-state index contributed by atoms with van der Waals surface area (Å²) >= 11 is 0. The van der Waals surface area contributed by atoms with Gasteiger partial charge in [-0.25, -0.2) is 4.79 Å². The Morgan fingerprint density at radius 2 is 2.27 bits per heavy atom. The van der Waals surface area contributed by atoms with Crippen molar-refractivity contribution in [2.24, 2.45) is 0 Å². The van der Waals surface area contributed by atoms with Crippen LogP contribution in [-0.4, -0.2) is 14.0 Å². The predicted octanol–water partition coefficient (Wildman–Crippen LogP) is 1.30. The van der Waals surface area contributed by atoms with Crippen molar-refractivity contribution in [3.05, 3.63) is 36.5 Å². The molecular formula is C8H9BO2. The maximum atomic E-state index is 10.7. The van der Waals surface area contributed by atoms with Gasteiger partial charge < -0.3 is 4.65 Å². The van der Waals surface area contributed by atoms with Crippen LogP contribution in [0.4, 0.5) is 0 Å². The molecule has 0 aromatic heterocycles. The summed E-state index contributed by atoms with van der Waals surface area (Å²) in [5.74, 6) is -0.550. The Hall–Kier alpha value is -1.25. The van der Waals surface area contributed by atoms with Gasteiger partial charge in [-0.1, -0.05) is 24.8 Å². The molecule has 0 fully saturated rings. The number of allylic oxidation sites excluding steroid dienone is 3. The lowest BCUT2D eigenvalue weighted by Crippen LogP contribution is -2.02. The van der Waals surface area contributed by atoms with E-state index in [-0.39, 0.29) is 0 Å². The fraction of sp³-hybridized carbons (Fsp3) is 0.125. The van der Waals surface area contributed by atoms with E-state index in [1.807, 2.05) is 0 Å². The van der Waals surface area contributed by atoms with Gasteiger partial charge in [0.15, 0.2) is 0 Å². The first-order chi connectivity index (χ1) is 5.26. The van der Waals surface area contributed by atoms with Crippen LogP contribution in [0.3, 0.4) is 0 Å². The molecule has 2 nitrogen and oxygen atoms in total. The molecule has 0 saturated carbocycles. The maximum absolute atomic E-state index is 10.7. The zero-order chi connectivity index (χ0) is 8.69. The van der Waals surface area contributed by atoms with Gasteiger partial charge in [0.05, 0.1) is 5.57 Å². The second-order valence-electron chi connectivity index (χ2n) is 1.74. The molecule has 0 aromatic carbocycles. The first-order valence-corrected chi connectivity index (χ1v) is 3.12. The van der Waals surface area contributed by atoms with Crippen molar-refractivity contribution < 1.29 is 9.45 Å². The number of rotatable bonds is 3. The lowest BCUT2D eigenvalue weighted by atomic mass is 10.2. The third-order valence-electron chi connectivity index (χ3n) is 1.07. The second kappa shape index (κ2) is 5.53. The Bertz CT molecular complexity index is 204. The van der Waals surface area contributed by atoms with Crippen molar-refractivity contribution in [1.82, 2.24) is 0 Å². The quantitative estimate of drug-likeness (QED) is 0.342. The maximum Gasteiger partial charge on any atom is 0.378 e. The highest BCUT2D eigenvalue weighted by Gasteiger charge is 2.01. The fourth-order valence-electron chi connectivity index (χ4n) is 0.522. The molecule has 0 bridgehead atoms. The topological polar surface area (TPSA) is 26.3 Å². The summed E-state index contributed by atoms with van der Waals surface area (Å²) in [5.41, 5.74) is 0.410. The van der Waals surface area contributed by atoms with Crippen LogP contribution >= 0.6 is 0 Å². The number of hydrogen-bond acceptors (Lipinski definition) is 2. The molecule has 0 rings (SSSR count). The largest absolute Gasteiger partial charge is 0.540 e. The van der Waals surface area contributed by atoms with E-state index in [0.29, 0.717) is 5.57 Å². The van der Waals surface area contributed by atoms with Crippen LogP contribution in [0.1, 0.15) is 6.92 Å². The summed E-state index contributed by atoms with van der Waals surface area (Å²) in [6.07, 6.45) is 6.37. The third-order valence-corrected chi connectivity index (χ3v) is 1.07. The molecule has 0 aliphatic rings. The summed E-state index contributed by atoms with van der Waals surface area (Å²) < 4.78 is 4.01. The van der Waals surface area contributed by atoms with Gasteiger partial charge in [0.2, 0.25) is 0 Å². The molecule has 0 unspecified atom stereocenters. The van der Waals surface area contributed by atoms with Crippen LogP contribution in [0, 0.1) is 0 Å². The number of carbonyl (C=O) groups is 1. The fourth-order valence-corrected chi connectivity index (χ4v) is 0.522. The molecule has 0 aliphatic carbocycles. The molecule has 0 amide bonds. The average Bonchev–Trinajstić information content (AvgIpc) is 2.05. The molecule has 56 valence electrons. The van der Waals surface area contributed by atoms with E-state index in [4.69, 9.17) is 0 Å².